The van der Waals surface area contributed by atoms with Gasteiger partial charge in [0.15, 0.2) is 15.8 Å². The van der Waals surface area contributed by atoms with Crippen LogP contribution in [0.1, 0.15) is 18.1 Å². The number of benzene rings is 2. The predicted octanol–water partition coefficient (Wildman–Crippen LogP) is 2.48. The Morgan fingerprint density at radius 3 is 2.40 bits per heavy atom. The summed E-state index contributed by atoms with van der Waals surface area (Å²) < 4.78 is 36.1. The Balaban J connectivity index is 2.00. The molecule has 0 saturated heterocycles. The van der Waals surface area contributed by atoms with Crippen LogP contribution in [-0.4, -0.2) is 27.2 Å². The fourth-order valence-corrected chi connectivity index (χ4v) is 2.82. The molecule has 0 heterocycles. The van der Waals surface area contributed by atoms with Crippen molar-refractivity contribution in [1.29, 1.82) is 0 Å². The van der Waals surface area contributed by atoms with Crippen molar-refractivity contribution in [2.24, 2.45) is 4.99 Å². The standard InChI is InChI=1S/C18H22FN3O2S/c1-3-20-18(22-13-15-5-4-6-16(19)11-15)21-12-14-7-9-17(10-8-14)25(2,23)24/h4-11H,3,12-13H2,1-2H3,(H2,20,21,22). The van der Waals surface area contributed by atoms with Gasteiger partial charge < -0.3 is 10.6 Å². The lowest BCUT2D eigenvalue weighted by atomic mass is 10.2. The van der Waals surface area contributed by atoms with Crippen molar-refractivity contribution in [2.75, 3.05) is 12.8 Å². The molecule has 0 aromatic heterocycles. The van der Waals surface area contributed by atoms with E-state index in [1.54, 1.807) is 30.3 Å². The van der Waals surface area contributed by atoms with E-state index in [0.717, 1.165) is 11.1 Å². The van der Waals surface area contributed by atoms with Crippen molar-refractivity contribution in [2.45, 2.75) is 24.9 Å². The summed E-state index contributed by atoms with van der Waals surface area (Å²) in [5.41, 5.74) is 1.72. The largest absolute Gasteiger partial charge is 0.357 e. The monoisotopic (exact) mass is 363 g/mol. The van der Waals surface area contributed by atoms with E-state index in [1.165, 1.54) is 18.4 Å². The first-order chi connectivity index (χ1) is 11.9. The van der Waals surface area contributed by atoms with Crippen LogP contribution in [0, 0.1) is 5.82 Å². The van der Waals surface area contributed by atoms with Crippen LogP contribution in [0.4, 0.5) is 4.39 Å². The van der Waals surface area contributed by atoms with E-state index in [1.807, 2.05) is 13.0 Å². The molecule has 0 bridgehead atoms. The SMILES string of the molecule is CCNC(=NCc1cccc(F)c1)NCc1ccc(S(C)(=O)=O)cc1. The number of hydrogen-bond acceptors (Lipinski definition) is 3. The summed E-state index contributed by atoms with van der Waals surface area (Å²) >= 11 is 0. The van der Waals surface area contributed by atoms with E-state index in [2.05, 4.69) is 15.6 Å². The van der Waals surface area contributed by atoms with Crippen LogP contribution in [-0.2, 0) is 22.9 Å². The number of rotatable bonds is 6. The molecule has 0 fully saturated rings. The fraction of sp³-hybridized carbons (Fsp3) is 0.278. The fourth-order valence-electron chi connectivity index (χ4n) is 2.19. The van der Waals surface area contributed by atoms with Gasteiger partial charge in [0.25, 0.3) is 0 Å². The summed E-state index contributed by atoms with van der Waals surface area (Å²) in [6.07, 6.45) is 1.18. The van der Waals surface area contributed by atoms with E-state index in [0.29, 0.717) is 30.5 Å². The maximum absolute atomic E-state index is 13.2. The Morgan fingerprint density at radius 2 is 1.80 bits per heavy atom. The van der Waals surface area contributed by atoms with Gasteiger partial charge in [0, 0.05) is 19.3 Å². The van der Waals surface area contributed by atoms with Gasteiger partial charge in [-0.2, -0.15) is 0 Å². The molecule has 2 N–H and O–H groups in total. The zero-order valence-corrected chi connectivity index (χ0v) is 15.1. The molecule has 2 aromatic rings. The van der Waals surface area contributed by atoms with E-state index in [-0.39, 0.29) is 5.82 Å². The lowest BCUT2D eigenvalue weighted by Crippen LogP contribution is -2.36. The number of nitrogens with zero attached hydrogens (tertiary/aromatic N) is 1. The maximum atomic E-state index is 13.2. The first kappa shape index (κ1) is 18.9. The Kier molecular flexibility index (Phi) is 6.52. The minimum Gasteiger partial charge on any atom is -0.357 e. The number of sulfone groups is 1. The van der Waals surface area contributed by atoms with Crippen LogP contribution in [0.3, 0.4) is 0 Å². The zero-order chi connectivity index (χ0) is 18.3. The highest BCUT2D eigenvalue weighted by Gasteiger charge is 2.06. The summed E-state index contributed by atoms with van der Waals surface area (Å²) in [4.78, 5) is 4.72. The molecule has 0 aliphatic carbocycles. The molecule has 0 aliphatic rings. The van der Waals surface area contributed by atoms with Gasteiger partial charge in [-0.05, 0) is 42.3 Å². The topological polar surface area (TPSA) is 70.6 Å². The quantitative estimate of drug-likeness (QED) is 0.611. The molecule has 5 nitrogen and oxygen atoms in total. The Labute approximate surface area is 147 Å². The molecule has 0 radical (unpaired) electrons. The number of hydrogen-bond donors (Lipinski definition) is 2. The molecule has 0 amide bonds. The first-order valence-electron chi connectivity index (χ1n) is 7.94. The Hall–Kier alpha value is -2.41. The molecule has 134 valence electrons. The van der Waals surface area contributed by atoms with Gasteiger partial charge in [-0.25, -0.2) is 17.8 Å². The maximum Gasteiger partial charge on any atom is 0.191 e. The van der Waals surface area contributed by atoms with E-state index < -0.39 is 9.84 Å². The van der Waals surface area contributed by atoms with E-state index in [4.69, 9.17) is 0 Å². The second kappa shape index (κ2) is 8.62. The first-order valence-corrected chi connectivity index (χ1v) is 9.83. The van der Waals surface area contributed by atoms with Gasteiger partial charge >= 0.3 is 0 Å². The number of nitrogens with one attached hydrogen (secondary N) is 2. The van der Waals surface area contributed by atoms with Crippen LogP contribution in [0.15, 0.2) is 58.4 Å². The smallest absolute Gasteiger partial charge is 0.191 e. The predicted molar refractivity (Wildman–Crippen MR) is 97.6 cm³/mol. The molecule has 2 rings (SSSR count). The van der Waals surface area contributed by atoms with Crippen molar-refractivity contribution >= 4 is 15.8 Å². The normalized spacial score (nSPS) is 12.0. The molecule has 0 saturated carbocycles. The minimum atomic E-state index is -3.19. The number of halogens is 1. The van der Waals surface area contributed by atoms with Gasteiger partial charge in [0.2, 0.25) is 0 Å². The summed E-state index contributed by atoms with van der Waals surface area (Å²) in [5.74, 6) is 0.329. The van der Waals surface area contributed by atoms with E-state index >= 15 is 0 Å². The summed E-state index contributed by atoms with van der Waals surface area (Å²) in [5, 5.41) is 6.30. The van der Waals surface area contributed by atoms with Crippen molar-refractivity contribution in [1.82, 2.24) is 10.6 Å². The highest BCUT2D eigenvalue weighted by Crippen LogP contribution is 2.10. The second-order valence-electron chi connectivity index (χ2n) is 5.59. The molecule has 7 heteroatoms. The molecule has 0 spiro atoms. The molecule has 0 aliphatic heterocycles. The minimum absolute atomic E-state index is 0.281. The van der Waals surface area contributed by atoms with Crippen LogP contribution >= 0.6 is 0 Å². The Bertz CT molecular complexity index is 834. The third-order valence-electron chi connectivity index (χ3n) is 3.46. The van der Waals surface area contributed by atoms with Gasteiger partial charge in [-0.15, -0.1) is 0 Å². The summed E-state index contributed by atoms with van der Waals surface area (Å²) in [6, 6.07) is 13.0. The van der Waals surface area contributed by atoms with Gasteiger partial charge in [0.1, 0.15) is 5.82 Å². The van der Waals surface area contributed by atoms with Crippen LogP contribution in [0.25, 0.3) is 0 Å². The Morgan fingerprint density at radius 1 is 1.08 bits per heavy atom. The third-order valence-corrected chi connectivity index (χ3v) is 4.59. The molecule has 0 unspecified atom stereocenters. The van der Waals surface area contributed by atoms with Crippen LogP contribution in [0.5, 0.6) is 0 Å². The van der Waals surface area contributed by atoms with Crippen molar-refractivity contribution in [3.05, 3.63) is 65.5 Å². The lowest BCUT2D eigenvalue weighted by molar-refractivity contribution is 0.602. The molecule has 25 heavy (non-hydrogen) atoms. The van der Waals surface area contributed by atoms with Crippen molar-refractivity contribution < 1.29 is 12.8 Å². The third kappa shape index (κ3) is 6.19. The average Bonchev–Trinajstić information content (AvgIpc) is 2.57. The molecule has 2 aromatic carbocycles. The summed E-state index contributed by atoms with van der Waals surface area (Å²) in [7, 11) is -3.19. The highest BCUT2D eigenvalue weighted by molar-refractivity contribution is 7.90. The van der Waals surface area contributed by atoms with Gasteiger partial charge in [0.05, 0.1) is 11.4 Å². The summed E-state index contributed by atoms with van der Waals surface area (Å²) in [6.45, 7) is 3.52. The second-order valence-corrected chi connectivity index (χ2v) is 7.61. The van der Waals surface area contributed by atoms with Crippen molar-refractivity contribution in [3.8, 4) is 0 Å². The highest BCUT2D eigenvalue weighted by atomic mass is 32.2. The average molecular weight is 363 g/mol. The molecular weight excluding hydrogens is 341 g/mol. The lowest BCUT2D eigenvalue weighted by Gasteiger charge is -2.11. The van der Waals surface area contributed by atoms with Crippen LogP contribution in [0.2, 0.25) is 0 Å². The van der Waals surface area contributed by atoms with Gasteiger partial charge in [-0.1, -0.05) is 24.3 Å². The molecular formula is C18H22FN3O2S. The number of guanidine groups is 1. The molecule has 0 atom stereocenters. The number of aliphatic imine (C=N–C) groups is 1. The van der Waals surface area contributed by atoms with Gasteiger partial charge in [-0.3, -0.25) is 0 Å². The van der Waals surface area contributed by atoms with Crippen molar-refractivity contribution in [3.63, 3.8) is 0 Å². The van der Waals surface area contributed by atoms with E-state index in [9.17, 15) is 12.8 Å². The van der Waals surface area contributed by atoms with Crippen LogP contribution < -0.4 is 10.6 Å². The zero-order valence-electron chi connectivity index (χ0n) is 14.3.